The number of hydrogen-bond acceptors (Lipinski definition) is 0. The average Bonchev–Trinajstić information content (AvgIpc) is 2.71. The van der Waals surface area contributed by atoms with Gasteiger partial charge in [-0.25, -0.2) is 0 Å². The van der Waals surface area contributed by atoms with Crippen molar-refractivity contribution in [3.63, 3.8) is 0 Å². The first-order valence-corrected chi connectivity index (χ1v) is 15.5. The van der Waals surface area contributed by atoms with E-state index in [4.69, 9.17) is 0 Å². The molecule has 0 aliphatic carbocycles. The van der Waals surface area contributed by atoms with Gasteiger partial charge in [-0.1, -0.05) is 117 Å². The summed E-state index contributed by atoms with van der Waals surface area (Å²) in [7, 11) is -1.02. The van der Waals surface area contributed by atoms with Crippen LogP contribution in [0.15, 0.2) is 72.8 Å². The van der Waals surface area contributed by atoms with Crippen LogP contribution in [0.2, 0.25) is 0 Å². The Labute approximate surface area is 215 Å². The molecule has 4 aromatic rings. The largest absolute Gasteiger partial charge is 0.0563 e. The van der Waals surface area contributed by atoms with Crippen LogP contribution in [0.3, 0.4) is 0 Å². The molecular formula is C33H38P2. The zero-order valence-electron chi connectivity index (χ0n) is 22.5. The van der Waals surface area contributed by atoms with Crippen molar-refractivity contribution >= 4 is 37.1 Å². The van der Waals surface area contributed by atoms with E-state index in [1.54, 1.807) is 0 Å². The molecule has 0 N–H and O–H groups in total. The van der Waals surface area contributed by atoms with Gasteiger partial charge in [0.05, 0.1) is 0 Å². The molecule has 0 bridgehead atoms. The molecule has 0 aromatic heterocycles. The van der Waals surface area contributed by atoms with E-state index in [1.165, 1.54) is 71.6 Å². The van der Waals surface area contributed by atoms with Gasteiger partial charge in [-0.2, -0.15) is 0 Å². The predicted molar refractivity (Wildman–Crippen MR) is 161 cm³/mol. The number of benzene rings is 4. The van der Waals surface area contributed by atoms with Crippen molar-refractivity contribution < 1.29 is 0 Å². The Kier molecular flexibility index (Phi) is 7.96. The molecule has 0 saturated heterocycles. The molecule has 0 saturated carbocycles. The predicted octanol–water partition coefficient (Wildman–Crippen LogP) is 7.68. The van der Waals surface area contributed by atoms with Gasteiger partial charge in [-0.05, 0) is 92.5 Å². The maximum Gasteiger partial charge on any atom is 0.00405 e. The summed E-state index contributed by atoms with van der Waals surface area (Å²) < 4.78 is 0. The third-order valence-corrected chi connectivity index (χ3v) is 12.1. The van der Waals surface area contributed by atoms with Gasteiger partial charge < -0.3 is 0 Å². The Morgan fingerprint density at radius 1 is 0.314 bits per heavy atom. The summed E-state index contributed by atoms with van der Waals surface area (Å²) in [5.41, 5.74) is 10.9. The fraction of sp³-hybridized carbons (Fsp3) is 0.273. The third-order valence-electron chi connectivity index (χ3n) is 6.36. The molecule has 180 valence electrons. The van der Waals surface area contributed by atoms with E-state index in [9.17, 15) is 0 Å². The second kappa shape index (κ2) is 10.8. The Hall–Kier alpha value is -2.26. The maximum absolute atomic E-state index is 2.44. The molecule has 0 amide bonds. The summed E-state index contributed by atoms with van der Waals surface area (Å²) in [5, 5.41) is 6.01. The van der Waals surface area contributed by atoms with Gasteiger partial charge in [0.2, 0.25) is 0 Å². The van der Waals surface area contributed by atoms with Crippen molar-refractivity contribution in [3.05, 3.63) is 117 Å². The van der Waals surface area contributed by atoms with E-state index < -0.39 is 15.8 Å². The molecule has 0 atom stereocenters. The lowest BCUT2D eigenvalue weighted by Gasteiger charge is -2.28. The highest BCUT2D eigenvalue weighted by molar-refractivity contribution is 7.88. The van der Waals surface area contributed by atoms with Crippen LogP contribution in [-0.4, -0.2) is 5.90 Å². The first-order valence-electron chi connectivity index (χ1n) is 12.5. The molecule has 35 heavy (non-hydrogen) atoms. The van der Waals surface area contributed by atoms with Gasteiger partial charge in [-0.3, -0.25) is 0 Å². The molecule has 4 rings (SSSR count). The second-order valence-electron chi connectivity index (χ2n) is 10.4. The molecule has 0 aliphatic heterocycles. The van der Waals surface area contributed by atoms with Crippen LogP contribution < -0.4 is 21.2 Å². The van der Waals surface area contributed by atoms with Gasteiger partial charge in [0, 0.05) is 5.90 Å². The van der Waals surface area contributed by atoms with Crippen LogP contribution in [-0.2, 0) is 0 Å². The highest BCUT2D eigenvalue weighted by Gasteiger charge is 2.24. The monoisotopic (exact) mass is 496 g/mol. The van der Waals surface area contributed by atoms with E-state index in [2.05, 4.69) is 128 Å². The lowest BCUT2D eigenvalue weighted by molar-refractivity contribution is 1.40. The summed E-state index contributed by atoms with van der Waals surface area (Å²) in [4.78, 5) is 0. The molecule has 4 aromatic carbocycles. The quantitative estimate of drug-likeness (QED) is 0.240. The normalized spacial score (nSPS) is 11.5. The van der Waals surface area contributed by atoms with Crippen LogP contribution in [0.5, 0.6) is 0 Å². The second-order valence-corrected chi connectivity index (χ2v) is 15.3. The molecule has 0 radical (unpaired) electrons. The highest BCUT2D eigenvalue weighted by Crippen LogP contribution is 2.49. The fourth-order valence-electron chi connectivity index (χ4n) is 5.19. The van der Waals surface area contributed by atoms with Crippen LogP contribution in [0.1, 0.15) is 44.5 Å². The highest BCUT2D eigenvalue weighted by atomic mass is 31.2. The van der Waals surface area contributed by atoms with Gasteiger partial charge >= 0.3 is 0 Å². The molecule has 0 fully saturated rings. The molecule has 0 unspecified atom stereocenters. The van der Waals surface area contributed by atoms with Gasteiger partial charge in [-0.15, -0.1) is 0 Å². The standard InChI is InChI=1S/C33H38P2/c1-22-9-23(2)14-30(13-22)34(31-15-24(3)10-25(4)16-31)21-35(32-17-26(5)11-27(6)18-32)33-19-28(7)12-29(8)20-33/h9-20H,21H2,1-8H3. The number of hydrogen-bond donors (Lipinski definition) is 0. The molecule has 0 heterocycles. The van der Waals surface area contributed by atoms with Crippen molar-refractivity contribution in [3.8, 4) is 0 Å². The Balaban J connectivity index is 1.92. The molecular weight excluding hydrogens is 458 g/mol. The first kappa shape index (κ1) is 25.8. The lowest BCUT2D eigenvalue weighted by atomic mass is 10.2. The summed E-state index contributed by atoms with van der Waals surface area (Å²) in [6.45, 7) is 17.9. The van der Waals surface area contributed by atoms with Crippen molar-refractivity contribution in [2.24, 2.45) is 0 Å². The van der Waals surface area contributed by atoms with Crippen molar-refractivity contribution in [1.82, 2.24) is 0 Å². The third kappa shape index (κ3) is 6.50. The van der Waals surface area contributed by atoms with Crippen LogP contribution in [0.4, 0.5) is 0 Å². The van der Waals surface area contributed by atoms with Crippen LogP contribution >= 0.6 is 15.8 Å². The van der Waals surface area contributed by atoms with Crippen LogP contribution in [0, 0.1) is 55.4 Å². The Morgan fingerprint density at radius 2 is 0.486 bits per heavy atom. The maximum atomic E-state index is 2.44. The zero-order chi connectivity index (χ0) is 25.3. The SMILES string of the molecule is Cc1cc(C)cc(P(CP(c2cc(C)cc(C)c2)c2cc(C)cc(C)c2)c2cc(C)cc(C)c2)c1. The van der Waals surface area contributed by atoms with E-state index in [0.717, 1.165) is 0 Å². The summed E-state index contributed by atoms with van der Waals surface area (Å²) in [6.07, 6.45) is 0. The van der Waals surface area contributed by atoms with Gasteiger partial charge in [0.1, 0.15) is 0 Å². The number of aryl methyl sites for hydroxylation is 8. The minimum absolute atomic E-state index is 0.512. The molecule has 2 heteroatoms. The Morgan fingerprint density at radius 3 is 0.657 bits per heavy atom. The lowest BCUT2D eigenvalue weighted by Crippen LogP contribution is -2.21. The average molecular weight is 497 g/mol. The zero-order valence-corrected chi connectivity index (χ0v) is 24.3. The minimum Gasteiger partial charge on any atom is -0.0563 e. The minimum atomic E-state index is -0.512. The Bertz CT molecular complexity index is 1080. The molecule has 0 spiro atoms. The van der Waals surface area contributed by atoms with Gasteiger partial charge in [0.15, 0.2) is 0 Å². The van der Waals surface area contributed by atoms with Crippen molar-refractivity contribution in [2.45, 2.75) is 55.4 Å². The van der Waals surface area contributed by atoms with E-state index in [0.29, 0.717) is 0 Å². The van der Waals surface area contributed by atoms with E-state index >= 15 is 0 Å². The van der Waals surface area contributed by atoms with Crippen molar-refractivity contribution in [1.29, 1.82) is 0 Å². The first-order chi connectivity index (χ1) is 16.6. The summed E-state index contributed by atoms with van der Waals surface area (Å²) >= 11 is 0. The topological polar surface area (TPSA) is 0 Å². The molecule has 0 aliphatic rings. The van der Waals surface area contributed by atoms with Crippen LogP contribution in [0.25, 0.3) is 0 Å². The summed E-state index contributed by atoms with van der Waals surface area (Å²) in [5.74, 6) is 1.17. The van der Waals surface area contributed by atoms with Crippen molar-refractivity contribution in [2.75, 3.05) is 5.90 Å². The molecule has 0 nitrogen and oxygen atoms in total. The van der Waals surface area contributed by atoms with E-state index in [1.807, 2.05) is 0 Å². The van der Waals surface area contributed by atoms with E-state index in [-0.39, 0.29) is 0 Å². The fourth-order valence-corrected chi connectivity index (χ4v) is 12.4. The number of rotatable bonds is 6. The summed E-state index contributed by atoms with van der Waals surface area (Å²) in [6, 6.07) is 28.7. The van der Waals surface area contributed by atoms with Gasteiger partial charge in [0.25, 0.3) is 0 Å². The smallest absolute Gasteiger partial charge is 0.00405 e.